The monoisotopic (exact) mass is 446 g/mol. The van der Waals surface area contributed by atoms with Crippen LogP contribution in [0.3, 0.4) is 0 Å². The highest BCUT2D eigenvalue weighted by molar-refractivity contribution is 6.01. The van der Waals surface area contributed by atoms with Crippen molar-refractivity contribution in [3.8, 4) is 71.5 Å². The molecule has 164 valence electrons. The van der Waals surface area contributed by atoms with Crippen LogP contribution in [0.15, 0.2) is 54.6 Å². The number of anilines is 2. The fraction of sp³-hybridized carbons (Fsp3) is 0. The van der Waals surface area contributed by atoms with Gasteiger partial charge in [0, 0.05) is 28.5 Å². The minimum absolute atomic E-state index is 0.0698. The van der Waals surface area contributed by atoms with Crippen LogP contribution >= 0.6 is 0 Å². The Morgan fingerprint density at radius 1 is 0.618 bits per heavy atom. The summed E-state index contributed by atoms with van der Waals surface area (Å²) in [7, 11) is 0. The third kappa shape index (κ3) is 3.82. The average Bonchev–Trinajstić information content (AvgIpc) is 2.83. The van der Waals surface area contributed by atoms with Gasteiger partial charge in [-0.15, -0.1) is 19.3 Å². The number of benzene rings is 4. The molecule has 0 heterocycles. The first-order valence-electron chi connectivity index (χ1n) is 9.92. The van der Waals surface area contributed by atoms with Gasteiger partial charge in [0.15, 0.2) is 11.5 Å². The highest BCUT2D eigenvalue weighted by atomic mass is 16.5. The molecule has 0 unspecified atom stereocenters. The minimum atomic E-state index is -0.0747. The van der Waals surface area contributed by atoms with Gasteiger partial charge in [0.2, 0.25) is 0 Å². The van der Waals surface area contributed by atoms with Gasteiger partial charge in [-0.3, -0.25) is 0 Å². The molecule has 34 heavy (non-hydrogen) atoms. The van der Waals surface area contributed by atoms with E-state index in [1.807, 2.05) is 0 Å². The van der Waals surface area contributed by atoms with Crippen LogP contribution in [0.1, 0.15) is 16.7 Å². The van der Waals surface area contributed by atoms with Crippen molar-refractivity contribution in [1.82, 2.24) is 0 Å². The minimum Gasteiger partial charge on any atom is -0.506 e. The fourth-order valence-corrected chi connectivity index (χ4v) is 3.44. The summed E-state index contributed by atoms with van der Waals surface area (Å²) in [6.07, 6.45) is 17.3. The van der Waals surface area contributed by atoms with Crippen LogP contribution in [0.2, 0.25) is 0 Å². The molecule has 0 amide bonds. The lowest BCUT2D eigenvalue weighted by atomic mass is 9.96. The Labute approximate surface area is 196 Å². The van der Waals surface area contributed by atoms with Crippen molar-refractivity contribution in [3.63, 3.8) is 0 Å². The second-order valence-electron chi connectivity index (χ2n) is 7.24. The summed E-state index contributed by atoms with van der Waals surface area (Å²) in [6, 6.07) is 13.9. The van der Waals surface area contributed by atoms with Crippen LogP contribution in [0, 0.1) is 37.0 Å². The number of rotatable bonds is 4. The van der Waals surface area contributed by atoms with E-state index < -0.39 is 0 Å². The zero-order valence-electron chi connectivity index (χ0n) is 17.8. The van der Waals surface area contributed by atoms with Crippen molar-refractivity contribution in [2.24, 2.45) is 0 Å². The Hall–Kier alpha value is -5.38. The SMILES string of the molecule is C#Cc1cc(C#C)c2c(Oc3ccc(O)c(N)c3)c(C#C)ccc2c1Oc1ccc(O)c(N)c1. The number of hydrogen-bond donors (Lipinski definition) is 4. The second kappa shape index (κ2) is 8.63. The molecule has 0 aliphatic rings. The van der Waals surface area contributed by atoms with E-state index in [1.54, 1.807) is 30.3 Å². The van der Waals surface area contributed by atoms with Crippen molar-refractivity contribution in [1.29, 1.82) is 0 Å². The van der Waals surface area contributed by atoms with Crippen molar-refractivity contribution in [2.75, 3.05) is 11.5 Å². The molecule has 6 nitrogen and oxygen atoms in total. The molecule has 0 fully saturated rings. The van der Waals surface area contributed by atoms with Gasteiger partial charge in [-0.25, -0.2) is 0 Å². The van der Waals surface area contributed by atoms with Crippen LogP contribution < -0.4 is 20.9 Å². The molecule has 0 spiro atoms. The molecule has 0 atom stereocenters. The van der Waals surface area contributed by atoms with Crippen LogP contribution in [0.4, 0.5) is 11.4 Å². The summed E-state index contributed by atoms with van der Waals surface area (Å²) in [5, 5.41) is 20.5. The highest BCUT2D eigenvalue weighted by Crippen LogP contribution is 2.43. The van der Waals surface area contributed by atoms with E-state index in [0.29, 0.717) is 50.5 Å². The van der Waals surface area contributed by atoms with E-state index in [4.69, 9.17) is 40.2 Å². The number of phenolic OH excluding ortho intramolecular Hbond substituents is 2. The molecule has 0 aliphatic heterocycles. The number of fused-ring (bicyclic) bond motifs is 1. The Balaban J connectivity index is 1.98. The lowest BCUT2D eigenvalue weighted by Gasteiger charge is -2.18. The maximum absolute atomic E-state index is 9.74. The van der Waals surface area contributed by atoms with E-state index in [-0.39, 0.29) is 22.9 Å². The third-order valence-corrected chi connectivity index (χ3v) is 5.11. The zero-order chi connectivity index (χ0) is 24.4. The Bertz CT molecular complexity index is 1580. The molecule has 4 rings (SSSR count). The molecular weight excluding hydrogens is 428 g/mol. The van der Waals surface area contributed by atoms with E-state index >= 15 is 0 Å². The first-order valence-corrected chi connectivity index (χ1v) is 9.92. The number of phenols is 2. The average molecular weight is 446 g/mol. The van der Waals surface area contributed by atoms with Gasteiger partial charge >= 0.3 is 0 Å². The topological polar surface area (TPSA) is 111 Å². The predicted molar refractivity (Wildman–Crippen MR) is 133 cm³/mol. The Morgan fingerprint density at radius 3 is 1.65 bits per heavy atom. The van der Waals surface area contributed by atoms with Crippen molar-refractivity contribution in [3.05, 3.63) is 71.3 Å². The van der Waals surface area contributed by atoms with Gasteiger partial charge < -0.3 is 31.2 Å². The lowest BCUT2D eigenvalue weighted by molar-refractivity contribution is 0.466. The van der Waals surface area contributed by atoms with Gasteiger partial charge in [0.1, 0.15) is 23.0 Å². The largest absolute Gasteiger partial charge is 0.506 e. The maximum Gasteiger partial charge on any atom is 0.152 e. The molecular formula is C28H18N2O4. The summed E-state index contributed by atoms with van der Waals surface area (Å²) in [5.74, 6) is 9.02. The van der Waals surface area contributed by atoms with Gasteiger partial charge in [0.05, 0.1) is 22.5 Å². The molecule has 0 saturated heterocycles. The van der Waals surface area contributed by atoms with E-state index in [1.165, 1.54) is 24.3 Å². The van der Waals surface area contributed by atoms with Crippen molar-refractivity contribution >= 4 is 22.1 Å². The Morgan fingerprint density at radius 2 is 1.15 bits per heavy atom. The molecule has 4 aromatic rings. The first kappa shape index (κ1) is 21.8. The smallest absolute Gasteiger partial charge is 0.152 e. The second-order valence-corrected chi connectivity index (χ2v) is 7.24. The van der Waals surface area contributed by atoms with E-state index in [0.717, 1.165) is 0 Å². The molecule has 0 bridgehead atoms. The quantitative estimate of drug-likeness (QED) is 0.201. The van der Waals surface area contributed by atoms with Gasteiger partial charge in [-0.05, 0) is 42.5 Å². The number of nitrogen functional groups attached to an aromatic ring is 2. The third-order valence-electron chi connectivity index (χ3n) is 5.11. The number of terminal acetylenes is 3. The summed E-state index contributed by atoms with van der Waals surface area (Å²) in [5.41, 5.74) is 13.2. The van der Waals surface area contributed by atoms with Gasteiger partial charge in [-0.2, -0.15) is 0 Å². The van der Waals surface area contributed by atoms with Crippen molar-refractivity contribution in [2.45, 2.75) is 0 Å². The summed E-state index contributed by atoms with van der Waals surface area (Å²) >= 11 is 0. The number of ether oxygens (including phenoxy) is 2. The van der Waals surface area contributed by atoms with E-state index in [9.17, 15) is 10.2 Å². The fourth-order valence-electron chi connectivity index (χ4n) is 3.44. The standard InChI is InChI=1S/C28H18N2O4/c1-4-16-7-10-21-26(28(16)34-20-9-12-25(32)23(30)15-20)17(5-2)13-18(6-3)27(21)33-19-8-11-24(31)22(29)14-19/h1-3,7-15,31-32H,29-30H2. The molecule has 0 aromatic heterocycles. The molecule has 0 radical (unpaired) electrons. The van der Waals surface area contributed by atoms with Crippen LogP contribution in [-0.2, 0) is 0 Å². The first-order chi connectivity index (χ1) is 16.4. The van der Waals surface area contributed by atoms with Crippen LogP contribution in [0.5, 0.6) is 34.5 Å². The normalized spacial score (nSPS) is 10.1. The number of hydrogen-bond acceptors (Lipinski definition) is 6. The maximum atomic E-state index is 9.74. The molecule has 4 aromatic carbocycles. The van der Waals surface area contributed by atoms with Crippen LogP contribution in [0.25, 0.3) is 10.8 Å². The summed E-state index contributed by atoms with van der Waals surface area (Å²) in [4.78, 5) is 0. The van der Waals surface area contributed by atoms with Gasteiger partial charge in [-0.1, -0.05) is 17.8 Å². The van der Waals surface area contributed by atoms with Gasteiger partial charge in [0.25, 0.3) is 0 Å². The molecule has 6 N–H and O–H groups in total. The number of nitrogens with two attached hydrogens (primary N) is 2. The van der Waals surface area contributed by atoms with Crippen LogP contribution in [-0.4, -0.2) is 10.2 Å². The zero-order valence-corrected chi connectivity index (χ0v) is 17.8. The lowest BCUT2D eigenvalue weighted by Crippen LogP contribution is -1.98. The van der Waals surface area contributed by atoms with E-state index in [2.05, 4.69) is 17.8 Å². The summed E-state index contributed by atoms with van der Waals surface area (Å²) in [6.45, 7) is 0. The molecule has 0 aliphatic carbocycles. The molecule has 0 saturated carbocycles. The summed E-state index contributed by atoms with van der Waals surface area (Å²) < 4.78 is 12.2. The Kier molecular flexibility index (Phi) is 5.54. The molecule has 6 heteroatoms. The predicted octanol–water partition coefficient (Wildman–Crippen LogP) is 4.94. The number of aromatic hydroxyl groups is 2. The van der Waals surface area contributed by atoms with Crippen molar-refractivity contribution < 1.29 is 19.7 Å². The highest BCUT2D eigenvalue weighted by Gasteiger charge is 2.20.